The third-order valence-electron chi connectivity index (χ3n) is 3.51. The SMILES string of the molecule is NC(=O)C[C@@]1(n2cc(N)c(=O)[nH]c2=S)O[C@H](CO)[C@@H](O)[C@H]1O. The predicted molar refractivity (Wildman–Crippen MR) is 76.1 cm³/mol. The van der Waals surface area contributed by atoms with Crippen molar-refractivity contribution in [2.24, 2.45) is 5.73 Å². The van der Waals surface area contributed by atoms with E-state index in [-0.39, 0.29) is 10.5 Å². The fourth-order valence-electron chi connectivity index (χ4n) is 2.46. The number of hydrogen-bond donors (Lipinski definition) is 6. The van der Waals surface area contributed by atoms with Crippen LogP contribution in [-0.4, -0.2) is 55.7 Å². The molecule has 2 rings (SSSR count). The number of anilines is 1. The minimum Gasteiger partial charge on any atom is -0.394 e. The molecule has 0 saturated carbocycles. The van der Waals surface area contributed by atoms with Gasteiger partial charge in [0, 0.05) is 6.20 Å². The standard InChI is InChI=1S/C11H16N4O6S/c12-4-2-15(10(22)14-9(4)20)11(1-6(13)17)8(19)7(18)5(3-16)21-11/h2,5,7-8,16,18-19H,1,3,12H2,(H2,13,17)(H,14,20,22)/t5-,7-,8-,11-/m1/s1. The van der Waals surface area contributed by atoms with Crippen molar-refractivity contribution in [1.82, 2.24) is 9.55 Å². The van der Waals surface area contributed by atoms with Gasteiger partial charge < -0.3 is 31.5 Å². The maximum Gasteiger partial charge on any atom is 0.274 e. The highest BCUT2D eigenvalue weighted by Crippen LogP contribution is 2.38. The van der Waals surface area contributed by atoms with E-state index in [0.29, 0.717) is 0 Å². The van der Waals surface area contributed by atoms with E-state index in [4.69, 9.17) is 28.4 Å². The van der Waals surface area contributed by atoms with Gasteiger partial charge in [0.05, 0.1) is 13.0 Å². The lowest BCUT2D eigenvalue weighted by molar-refractivity contribution is -0.162. The third-order valence-corrected chi connectivity index (χ3v) is 3.81. The van der Waals surface area contributed by atoms with E-state index < -0.39 is 48.5 Å². The Kier molecular flexibility index (Phi) is 4.35. The molecule has 0 radical (unpaired) electrons. The van der Waals surface area contributed by atoms with Gasteiger partial charge in [0.15, 0.2) is 10.5 Å². The van der Waals surface area contributed by atoms with Crippen LogP contribution in [0, 0.1) is 4.77 Å². The average molecular weight is 332 g/mol. The van der Waals surface area contributed by atoms with E-state index in [9.17, 15) is 24.9 Å². The number of carbonyl (C=O) groups excluding carboxylic acids is 1. The Morgan fingerprint density at radius 2 is 2.18 bits per heavy atom. The molecule has 8 N–H and O–H groups in total. The van der Waals surface area contributed by atoms with Gasteiger partial charge in [-0.1, -0.05) is 0 Å². The molecule has 1 fully saturated rings. The van der Waals surface area contributed by atoms with Gasteiger partial charge in [-0.3, -0.25) is 19.1 Å². The number of aromatic amines is 1. The molecule has 0 spiro atoms. The van der Waals surface area contributed by atoms with Crippen molar-refractivity contribution >= 4 is 23.8 Å². The zero-order valence-electron chi connectivity index (χ0n) is 11.3. The summed E-state index contributed by atoms with van der Waals surface area (Å²) in [6.45, 7) is -0.606. The largest absolute Gasteiger partial charge is 0.394 e. The number of nitrogens with zero attached hydrogens (tertiary/aromatic N) is 1. The third kappa shape index (κ3) is 2.53. The molecular weight excluding hydrogens is 316 g/mol. The Hall–Kier alpha value is -1.79. The molecule has 1 amide bonds. The summed E-state index contributed by atoms with van der Waals surface area (Å²) in [5.74, 6) is -0.850. The number of ether oxygens (including phenoxy) is 1. The molecule has 11 heteroatoms. The van der Waals surface area contributed by atoms with E-state index in [1.807, 2.05) is 0 Å². The summed E-state index contributed by atoms with van der Waals surface area (Å²) in [7, 11) is 0. The second-order valence-electron chi connectivity index (χ2n) is 4.98. The molecule has 1 aliphatic rings. The molecule has 1 aromatic rings. The first-order valence-corrected chi connectivity index (χ1v) is 6.69. The zero-order chi connectivity index (χ0) is 16.7. The Balaban J connectivity index is 2.66. The summed E-state index contributed by atoms with van der Waals surface area (Å²) in [6.07, 6.45) is -3.75. The molecule has 22 heavy (non-hydrogen) atoms. The van der Waals surface area contributed by atoms with E-state index >= 15 is 0 Å². The van der Waals surface area contributed by atoms with Gasteiger partial charge in [0.2, 0.25) is 5.91 Å². The number of H-pyrrole nitrogens is 1. The first-order chi connectivity index (χ1) is 10.2. The topological polar surface area (TPSA) is 177 Å². The molecule has 10 nitrogen and oxygen atoms in total. The second kappa shape index (κ2) is 5.78. The number of nitrogen functional groups attached to an aromatic ring is 1. The first kappa shape index (κ1) is 16.6. The van der Waals surface area contributed by atoms with Crippen LogP contribution in [0.5, 0.6) is 0 Å². The summed E-state index contributed by atoms with van der Waals surface area (Å²) in [5, 5.41) is 29.5. The van der Waals surface area contributed by atoms with Crippen molar-refractivity contribution in [2.45, 2.75) is 30.5 Å². The van der Waals surface area contributed by atoms with Crippen molar-refractivity contribution in [3.63, 3.8) is 0 Å². The molecule has 0 bridgehead atoms. The summed E-state index contributed by atoms with van der Waals surface area (Å²) in [4.78, 5) is 25.1. The quantitative estimate of drug-likeness (QED) is 0.319. The number of aliphatic hydroxyl groups is 3. The van der Waals surface area contributed by atoms with Gasteiger partial charge in [-0.2, -0.15) is 0 Å². The smallest absolute Gasteiger partial charge is 0.274 e. The summed E-state index contributed by atoms with van der Waals surface area (Å²) < 4.78 is 6.32. The highest BCUT2D eigenvalue weighted by Gasteiger charge is 2.56. The molecule has 2 heterocycles. The lowest BCUT2D eigenvalue weighted by Gasteiger charge is -2.33. The van der Waals surface area contributed by atoms with E-state index in [0.717, 1.165) is 10.8 Å². The number of nitrogens with two attached hydrogens (primary N) is 2. The molecule has 1 saturated heterocycles. The van der Waals surface area contributed by atoms with Crippen molar-refractivity contribution in [1.29, 1.82) is 0 Å². The van der Waals surface area contributed by atoms with Gasteiger partial charge >= 0.3 is 0 Å². The van der Waals surface area contributed by atoms with Crippen LogP contribution in [0.2, 0.25) is 0 Å². The zero-order valence-corrected chi connectivity index (χ0v) is 12.1. The monoisotopic (exact) mass is 332 g/mol. The van der Waals surface area contributed by atoms with Crippen molar-refractivity contribution < 1.29 is 24.9 Å². The number of hydrogen-bond acceptors (Lipinski definition) is 8. The van der Waals surface area contributed by atoms with Crippen LogP contribution in [0.4, 0.5) is 5.69 Å². The lowest BCUT2D eigenvalue weighted by atomic mass is 9.98. The Labute approximate surface area is 128 Å². The van der Waals surface area contributed by atoms with Crippen molar-refractivity contribution in [3.8, 4) is 0 Å². The van der Waals surface area contributed by atoms with Gasteiger partial charge in [-0.15, -0.1) is 0 Å². The van der Waals surface area contributed by atoms with Crippen LogP contribution < -0.4 is 17.0 Å². The van der Waals surface area contributed by atoms with Gasteiger partial charge in [0.25, 0.3) is 5.56 Å². The molecule has 0 aromatic carbocycles. The summed E-state index contributed by atoms with van der Waals surface area (Å²) >= 11 is 4.99. The van der Waals surface area contributed by atoms with Gasteiger partial charge in [0.1, 0.15) is 24.0 Å². The first-order valence-electron chi connectivity index (χ1n) is 6.28. The average Bonchev–Trinajstić information content (AvgIpc) is 2.67. The van der Waals surface area contributed by atoms with Gasteiger partial charge in [-0.25, -0.2) is 0 Å². The van der Waals surface area contributed by atoms with Crippen LogP contribution in [0.3, 0.4) is 0 Å². The molecule has 1 aliphatic heterocycles. The number of aromatic nitrogens is 2. The van der Waals surface area contributed by atoms with Crippen LogP contribution >= 0.6 is 12.2 Å². The minimum absolute atomic E-state index is 0.190. The number of rotatable bonds is 4. The minimum atomic E-state index is -1.88. The highest BCUT2D eigenvalue weighted by molar-refractivity contribution is 7.71. The highest BCUT2D eigenvalue weighted by atomic mass is 32.1. The normalized spacial score (nSPS) is 31.3. The van der Waals surface area contributed by atoms with E-state index in [2.05, 4.69) is 4.98 Å². The van der Waals surface area contributed by atoms with Crippen LogP contribution in [0.1, 0.15) is 6.42 Å². The second-order valence-corrected chi connectivity index (χ2v) is 5.36. The summed E-state index contributed by atoms with van der Waals surface area (Å²) in [6, 6.07) is 0. The summed E-state index contributed by atoms with van der Waals surface area (Å²) in [5.41, 5.74) is 7.93. The molecule has 4 atom stereocenters. The van der Waals surface area contributed by atoms with Crippen LogP contribution in [0.25, 0.3) is 0 Å². The van der Waals surface area contributed by atoms with E-state index in [1.165, 1.54) is 0 Å². The Morgan fingerprint density at radius 1 is 1.55 bits per heavy atom. The maximum absolute atomic E-state index is 11.5. The Bertz CT molecular complexity index is 703. The number of nitrogens with one attached hydrogen (secondary N) is 1. The lowest BCUT2D eigenvalue weighted by Crippen LogP contribution is -2.49. The van der Waals surface area contributed by atoms with E-state index in [1.54, 1.807) is 0 Å². The molecule has 1 aromatic heterocycles. The predicted octanol–water partition coefficient (Wildman–Crippen LogP) is -2.87. The van der Waals surface area contributed by atoms with Crippen LogP contribution in [0.15, 0.2) is 11.0 Å². The molecule has 0 aliphatic carbocycles. The molecule has 122 valence electrons. The number of amides is 1. The number of aliphatic hydroxyl groups excluding tert-OH is 3. The fourth-order valence-corrected chi connectivity index (χ4v) is 2.76. The molecule has 0 unspecified atom stereocenters. The van der Waals surface area contributed by atoms with Crippen molar-refractivity contribution in [3.05, 3.63) is 21.3 Å². The van der Waals surface area contributed by atoms with Crippen LogP contribution in [-0.2, 0) is 15.3 Å². The number of primary amides is 1. The number of carbonyl (C=O) groups is 1. The van der Waals surface area contributed by atoms with Crippen molar-refractivity contribution in [2.75, 3.05) is 12.3 Å². The fraction of sp³-hybridized carbons (Fsp3) is 0.545. The maximum atomic E-state index is 11.5. The Morgan fingerprint density at radius 3 is 2.68 bits per heavy atom. The molecular formula is C11H16N4O6S. The van der Waals surface area contributed by atoms with Gasteiger partial charge in [-0.05, 0) is 12.2 Å².